The van der Waals surface area contributed by atoms with Crippen LogP contribution in [0.1, 0.15) is 51.9 Å². The van der Waals surface area contributed by atoms with Crippen LogP contribution in [0.3, 0.4) is 0 Å². The Morgan fingerprint density at radius 1 is 1.16 bits per heavy atom. The largest absolute Gasteiger partial charge is 0.462 e. The zero-order valence-corrected chi connectivity index (χ0v) is 20.3. The van der Waals surface area contributed by atoms with Gasteiger partial charge in [0.15, 0.2) is 0 Å². The first kappa shape index (κ1) is 25.1. The summed E-state index contributed by atoms with van der Waals surface area (Å²) in [6.07, 6.45) is 0. The number of thiophene rings is 1. The Labute approximate surface area is 195 Å². The lowest BCUT2D eigenvalue weighted by Gasteiger charge is -2.27. The second-order valence-electron chi connectivity index (χ2n) is 7.22. The number of halogens is 2. The molecule has 2 rings (SSSR count). The van der Waals surface area contributed by atoms with Gasteiger partial charge in [-0.1, -0.05) is 29.3 Å². The lowest BCUT2D eigenvalue weighted by atomic mass is 9.94. The van der Waals surface area contributed by atoms with E-state index in [2.05, 4.69) is 16.0 Å². The molecule has 1 aromatic carbocycles. The molecule has 0 bridgehead atoms. The quantitative estimate of drug-likeness (QED) is 0.482. The van der Waals surface area contributed by atoms with Crippen molar-refractivity contribution >= 4 is 57.3 Å². The van der Waals surface area contributed by atoms with E-state index in [4.69, 9.17) is 27.9 Å². The topological polar surface area (TPSA) is 96.5 Å². The van der Waals surface area contributed by atoms with E-state index >= 15 is 0 Å². The monoisotopic (exact) mass is 485 g/mol. The molecule has 0 atom stereocenters. The van der Waals surface area contributed by atoms with Gasteiger partial charge in [0.25, 0.3) is 5.91 Å². The number of hydrogen-bond acceptors (Lipinski definition) is 6. The summed E-state index contributed by atoms with van der Waals surface area (Å²) in [5, 5.41) is 9.57. The molecule has 0 fully saturated rings. The molecule has 0 aliphatic rings. The average molecular weight is 486 g/mol. The lowest BCUT2D eigenvalue weighted by molar-refractivity contribution is -0.115. The zero-order chi connectivity index (χ0) is 23.3. The van der Waals surface area contributed by atoms with Crippen LogP contribution in [0, 0.1) is 6.92 Å². The molecule has 0 aliphatic heterocycles. The third-order valence-electron chi connectivity index (χ3n) is 4.64. The Hall–Kier alpha value is -2.13. The molecule has 0 radical (unpaired) electrons. The number of esters is 1. The van der Waals surface area contributed by atoms with Gasteiger partial charge in [0.2, 0.25) is 5.91 Å². The van der Waals surface area contributed by atoms with Crippen LogP contribution in [0.2, 0.25) is 10.0 Å². The molecule has 0 unspecified atom stereocenters. The molecule has 1 heterocycles. The van der Waals surface area contributed by atoms with Crippen LogP contribution < -0.4 is 16.0 Å². The first-order chi connectivity index (χ1) is 14.5. The van der Waals surface area contributed by atoms with E-state index in [9.17, 15) is 14.4 Å². The Bertz CT molecular complexity index is 1000. The highest BCUT2D eigenvalue weighted by Gasteiger charge is 2.27. The predicted molar refractivity (Wildman–Crippen MR) is 125 cm³/mol. The second-order valence-corrected chi connectivity index (χ2v) is 9.05. The van der Waals surface area contributed by atoms with Crippen molar-refractivity contribution in [1.82, 2.24) is 10.6 Å². The first-order valence-corrected chi connectivity index (χ1v) is 11.1. The Kier molecular flexibility index (Phi) is 8.48. The van der Waals surface area contributed by atoms with Crippen molar-refractivity contribution in [1.29, 1.82) is 0 Å². The van der Waals surface area contributed by atoms with Gasteiger partial charge in [0, 0.05) is 12.6 Å². The van der Waals surface area contributed by atoms with Crippen LogP contribution in [-0.4, -0.2) is 38.0 Å². The van der Waals surface area contributed by atoms with E-state index in [1.807, 2.05) is 19.9 Å². The molecule has 0 saturated carbocycles. The number of nitrogens with one attached hydrogen (secondary N) is 3. The number of carbonyl (C=O) groups is 3. The van der Waals surface area contributed by atoms with Crippen LogP contribution in [0.25, 0.3) is 0 Å². The molecule has 1 aromatic heterocycles. The summed E-state index contributed by atoms with van der Waals surface area (Å²) in [7, 11) is 1.50. The maximum Gasteiger partial charge on any atom is 0.341 e. The molecule has 0 saturated heterocycles. The minimum atomic E-state index is -0.592. The SMILES string of the molecule is CCOC(=O)c1c(NC(=O)CNC(C)(C)c2ccc(Cl)c(Cl)c2)sc(C(=O)NC)c1C. The highest BCUT2D eigenvalue weighted by atomic mass is 35.5. The second kappa shape index (κ2) is 10.5. The number of hydrogen-bond donors (Lipinski definition) is 3. The normalized spacial score (nSPS) is 11.2. The van der Waals surface area contributed by atoms with Crippen LogP contribution in [0.5, 0.6) is 0 Å². The molecule has 0 spiro atoms. The summed E-state index contributed by atoms with van der Waals surface area (Å²) in [5.74, 6) is -1.30. The molecule has 10 heteroatoms. The van der Waals surface area contributed by atoms with Gasteiger partial charge in [-0.15, -0.1) is 11.3 Å². The van der Waals surface area contributed by atoms with Gasteiger partial charge in [-0.2, -0.15) is 0 Å². The molecule has 168 valence electrons. The molecular weight excluding hydrogens is 461 g/mol. The number of amides is 2. The molecular formula is C21H25Cl2N3O4S. The summed E-state index contributed by atoms with van der Waals surface area (Å²) in [5.41, 5.74) is 0.925. The third-order valence-corrected chi connectivity index (χ3v) is 6.59. The lowest BCUT2D eigenvalue weighted by Crippen LogP contribution is -2.41. The van der Waals surface area contributed by atoms with E-state index in [0.717, 1.165) is 16.9 Å². The Balaban J connectivity index is 2.19. The zero-order valence-electron chi connectivity index (χ0n) is 17.9. The van der Waals surface area contributed by atoms with Crippen LogP contribution in [-0.2, 0) is 15.1 Å². The smallest absolute Gasteiger partial charge is 0.341 e. The van der Waals surface area contributed by atoms with Gasteiger partial charge in [0.05, 0.1) is 33.6 Å². The van der Waals surface area contributed by atoms with Gasteiger partial charge < -0.3 is 15.4 Å². The van der Waals surface area contributed by atoms with Crippen molar-refractivity contribution in [2.75, 3.05) is 25.5 Å². The van der Waals surface area contributed by atoms with Crippen molar-refractivity contribution in [3.63, 3.8) is 0 Å². The molecule has 7 nitrogen and oxygen atoms in total. The van der Waals surface area contributed by atoms with Crippen LogP contribution in [0.15, 0.2) is 18.2 Å². The first-order valence-electron chi connectivity index (χ1n) is 9.54. The van der Waals surface area contributed by atoms with Crippen LogP contribution in [0.4, 0.5) is 5.00 Å². The summed E-state index contributed by atoms with van der Waals surface area (Å²) >= 11 is 13.1. The number of rotatable bonds is 8. The molecule has 31 heavy (non-hydrogen) atoms. The average Bonchev–Trinajstić information content (AvgIpc) is 3.03. The molecule has 0 aliphatic carbocycles. The number of carbonyl (C=O) groups excluding carboxylic acids is 3. The van der Waals surface area contributed by atoms with Gasteiger partial charge >= 0.3 is 5.97 Å². The summed E-state index contributed by atoms with van der Waals surface area (Å²) in [4.78, 5) is 37.5. The molecule has 2 aromatic rings. The van der Waals surface area contributed by atoms with Gasteiger partial charge in [-0.25, -0.2) is 4.79 Å². The number of benzene rings is 1. The van der Waals surface area contributed by atoms with Crippen molar-refractivity contribution in [2.45, 2.75) is 33.2 Å². The van der Waals surface area contributed by atoms with E-state index < -0.39 is 11.5 Å². The highest BCUT2D eigenvalue weighted by molar-refractivity contribution is 7.18. The maximum atomic E-state index is 12.6. The van der Waals surface area contributed by atoms with E-state index in [1.165, 1.54) is 7.05 Å². The van der Waals surface area contributed by atoms with E-state index in [0.29, 0.717) is 20.5 Å². The van der Waals surface area contributed by atoms with E-state index in [1.54, 1.807) is 26.0 Å². The number of ether oxygens (including phenoxy) is 1. The fraction of sp³-hybridized carbons (Fsp3) is 0.381. The third kappa shape index (κ3) is 5.98. The number of anilines is 1. The standard InChI is InChI=1S/C21H25Cl2N3O4S/c1-6-30-20(29)16-11(2)17(18(28)24-5)31-19(16)26-15(27)10-25-21(3,4)12-7-8-13(22)14(23)9-12/h7-9,25H,6,10H2,1-5H3,(H,24,28)(H,26,27). The fourth-order valence-corrected chi connectivity index (χ4v) is 4.30. The van der Waals surface area contributed by atoms with Crippen molar-refractivity contribution in [2.24, 2.45) is 0 Å². The summed E-state index contributed by atoms with van der Waals surface area (Å²) in [6.45, 7) is 7.28. The van der Waals surface area contributed by atoms with Crippen molar-refractivity contribution in [3.05, 3.63) is 49.8 Å². The fourth-order valence-electron chi connectivity index (χ4n) is 2.84. The maximum absolute atomic E-state index is 12.6. The van der Waals surface area contributed by atoms with Crippen LogP contribution >= 0.6 is 34.5 Å². The van der Waals surface area contributed by atoms with Crippen molar-refractivity contribution < 1.29 is 19.1 Å². The van der Waals surface area contributed by atoms with Gasteiger partial charge in [-0.3, -0.25) is 14.9 Å². The highest BCUT2D eigenvalue weighted by Crippen LogP contribution is 2.34. The minimum Gasteiger partial charge on any atom is -0.462 e. The van der Waals surface area contributed by atoms with Gasteiger partial charge in [0.1, 0.15) is 5.00 Å². The predicted octanol–water partition coefficient (Wildman–Crippen LogP) is 4.36. The van der Waals surface area contributed by atoms with Gasteiger partial charge in [-0.05, 0) is 51.0 Å². The summed E-state index contributed by atoms with van der Waals surface area (Å²) < 4.78 is 5.10. The Morgan fingerprint density at radius 2 is 1.84 bits per heavy atom. The minimum absolute atomic E-state index is 0.0399. The van der Waals surface area contributed by atoms with Crippen molar-refractivity contribution in [3.8, 4) is 0 Å². The van der Waals surface area contributed by atoms with E-state index in [-0.39, 0.29) is 35.5 Å². The molecule has 3 N–H and O–H groups in total. The Morgan fingerprint density at radius 3 is 2.42 bits per heavy atom. The summed E-state index contributed by atoms with van der Waals surface area (Å²) in [6, 6.07) is 5.27. The molecule has 2 amide bonds.